The average molecular weight is 447 g/mol. The van der Waals surface area contributed by atoms with E-state index >= 15 is 0 Å². The topological polar surface area (TPSA) is 114 Å². The summed E-state index contributed by atoms with van der Waals surface area (Å²) in [5.41, 5.74) is 0.911. The van der Waals surface area contributed by atoms with Crippen molar-refractivity contribution in [3.63, 3.8) is 0 Å². The molecule has 0 unspecified atom stereocenters. The quantitative estimate of drug-likeness (QED) is 0.338. The normalized spacial score (nSPS) is 11.6. The maximum absolute atomic E-state index is 13.0. The molecule has 0 saturated heterocycles. The van der Waals surface area contributed by atoms with Crippen molar-refractivity contribution in [3.05, 3.63) is 74.9 Å². The van der Waals surface area contributed by atoms with Gasteiger partial charge in [0.1, 0.15) is 17.7 Å². The number of rotatable bonds is 7. The van der Waals surface area contributed by atoms with Crippen molar-refractivity contribution >= 4 is 28.7 Å². The van der Waals surface area contributed by atoms with Crippen LogP contribution >= 0.6 is 11.6 Å². The molecule has 0 aliphatic rings. The highest BCUT2D eigenvalue weighted by Crippen LogP contribution is 2.32. The summed E-state index contributed by atoms with van der Waals surface area (Å²) in [6.45, 7) is 0.308. The zero-order valence-electron chi connectivity index (χ0n) is 15.8. The Morgan fingerprint density at radius 1 is 1.13 bits per heavy atom. The SMILES string of the molecule is CN(Cc1ccc(-c2noc(C(F)(F)Cl)n2)cc1)c1c(Nc2cncnc2)c(=O)c1=O. The second kappa shape index (κ2) is 7.84. The molecule has 4 rings (SSSR count). The van der Waals surface area contributed by atoms with Gasteiger partial charge in [-0.05, 0) is 17.2 Å². The molecule has 12 heteroatoms. The molecule has 0 saturated carbocycles. The molecule has 0 bridgehead atoms. The van der Waals surface area contributed by atoms with Gasteiger partial charge >= 0.3 is 11.3 Å². The van der Waals surface area contributed by atoms with Gasteiger partial charge in [0.2, 0.25) is 5.82 Å². The van der Waals surface area contributed by atoms with Crippen LogP contribution in [0, 0.1) is 0 Å². The molecule has 0 aliphatic heterocycles. The number of anilines is 3. The fraction of sp³-hybridized carbons (Fsp3) is 0.158. The van der Waals surface area contributed by atoms with Crippen LogP contribution in [0.3, 0.4) is 0 Å². The van der Waals surface area contributed by atoms with Gasteiger partial charge in [-0.1, -0.05) is 29.4 Å². The van der Waals surface area contributed by atoms with Crippen molar-refractivity contribution in [1.82, 2.24) is 20.1 Å². The van der Waals surface area contributed by atoms with Gasteiger partial charge in [-0.2, -0.15) is 13.8 Å². The van der Waals surface area contributed by atoms with Crippen molar-refractivity contribution in [2.75, 3.05) is 17.3 Å². The second-order valence-electron chi connectivity index (χ2n) is 6.61. The van der Waals surface area contributed by atoms with E-state index in [1.165, 1.54) is 18.7 Å². The highest BCUT2D eigenvalue weighted by atomic mass is 35.5. The minimum absolute atomic E-state index is 0.0331. The van der Waals surface area contributed by atoms with Crippen molar-refractivity contribution in [2.45, 2.75) is 11.9 Å². The van der Waals surface area contributed by atoms with E-state index in [0.29, 0.717) is 17.8 Å². The van der Waals surface area contributed by atoms with Gasteiger partial charge in [-0.15, -0.1) is 0 Å². The van der Waals surface area contributed by atoms with Crippen LogP contribution in [0.25, 0.3) is 11.4 Å². The van der Waals surface area contributed by atoms with Crippen LogP contribution in [-0.4, -0.2) is 27.2 Å². The Balaban J connectivity index is 1.49. The summed E-state index contributed by atoms with van der Waals surface area (Å²) in [5.74, 6) is -1.02. The summed E-state index contributed by atoms with van der Waals surface area (Å²) in [4.78, 5) is 37.0. The van der Waals surface area contributed by atoms with Crippen LogP contribution in [-0.2, 0) is 11.9 Å². The molecule has 0 atom stereocenters. The van der Waals surface area contributed by atoms with Crippen molar-refractivity contribution in [2.24, 2.45) is 0 Å². The van der Waals surface area contributed by atoms with Gasteiger partial charge in [0.15, 0.2) is 0 Å². The molecular weight excluding hydrogens is 434 g/mol. The van der Waals surface area contributed by atoms with Gasteiger partial charge in [-0.25, -0.2) is 9.97 Å². The molecule has 9 nitrogen and oxygen atoms in total. The van der Waals surface area contributed by atoms with E-state index in [1.807, 2.05) is 0 Å². The van der Waals surface area contributed by atoms with E-state index < -0.39 is 22.1 Å². The zero-order valence-corrected chi connectivity index (χ0v) is 16.6. The standard InChI is InChI=1S/C19H13ClF2N6O3/c1-28(14-13(15(29)16(14)30)25-12-6-23-9-24-7-12)8-10-2-4-11(5-3-10)17-26-18(31-27-17)19(20,21)22/h2-7,9,25H,8H2,1H3. The van der Waals surface area contributed by atoms with Crippen LogP contribution in [0.4, 0.5) is 25.8 Å². The lowest BCUT2D eigenvalue weighted by atomic mass is 10.1. The van der Waals surface area contributed by atoms with Crippen LogP contribution in [0.15, 0.2) is 57.1 Å². The largest absolute Gasteiger partial charge is 0.400 e. The molecular formula is C19H13ClF2N6O3. The number of nitrogens with zero attached hydrogens (tertiary/aromatic N) is 5. The molecule has 0 aliphatic carbocycles. The van der Waals surface area contributed by atoms with Crippen molar-refractivity contribution in [1.29, 1.82) is 0 Å². The Labute approximate surface area is 178 Å². The predicted octanol–water partition coefficient (Wildman–Crippen LogP) is 2.79. The van der Waals surface area contributed by atoms with Gasteiger partial charge in [0.25, 0.3) is 10.9 Å². The van der Waals surface area contributed by atoms with E-state index in [-0.39, 0.29) is 17.2 Å². The van der Waals surface area contributed by atoms with E-state index in [0.717, 1.165) is 5.56 Å². The first-order valence-corrected chi connectivity index (χ1v) is 9.18. The van der Waals surface area contributed by atoms with E-state index in [4.69, 9.17) is 11.6 Å². The van der Waals surface area contributed by atoms with Crippen LogP contribution in [0.1, 0.15) is 11.5 Å². The monoisotopic (exact) mass is 446 g/mol. The average Bonchev–Trinajstić information content (AvgIpc) is 3.25. The van der Waals surface area contributed by atoms with Crippen molar-refractivity contribution < 1.29 is 13.3 Å². The van der Waals surface area contributed by atoms with E-state index in [2.05, 4.69) is 29.9 Å². The summed E-state index contributed by atoms with van der Waals surface area (Å²) in [6, 6.07) is 6.66. The molecule has 31 heavy (non-hydrogen) atoms. The maximum atomic E-state index is 13.0. The molecule has 0 fully saturated rings. The summed E-state index contributed by atoms with van der Waals surface area (Å²) in [7, 11) is 1.67. The van der Waals surface area contributed by atoms with E-state index in [1.54, 1.807) is 36.2 Å². The Hall–Kier alpha value is -3.73. The Morgan fingerprint density at radius 3 is 2.42 bits per heavy atom. The van der Waals surface area contributed by atoms with Gasteiger partial charge in [0, 0.05) is 19.2 Å². The highest BCUT2D eigenvalue weighted by Gasteiger charge is 2.35. The zero-order chi connectivity index (χ0) is 22.2. The molecule has 2 heterocycles. The molecule has 1 N–H and O–H groups in total. The second-order valence-corrected chi connectivity index (χ2v) is 7.08. The van der Waals surface area contributed by atoms with Gasteiger partial charge in [-0.3, -0.25) is 9.59 Å². The number of aromatic nitrogens is 4. The van der Waals surface area contributed by atoms with Gasteiger partial charge in [0.05, 0.1) is 18.1 Å². The number of alkyl halides is 3. The minimum atomic E-state index is -3.74. The molecule has 0 amide bonds. The molecule has 158 valence electrons. The number of hydrogen-bond acceptors (Lipinski definition) is 9. The molecule has 4 aromatic rings. The first-order chi connectivity index (χ1) is 14.7. The molecule has 0 spiro atoms. The first kappa shape index (κ1) is 20.5. The fourth-order valence-corrected chi connectivity index (χ4v) is 3.01. The summed E-state index contributed by atoms with van der Waals surface area (Å²) in [5, 5.41) is 2.61. The third-order valence-electron chi connectivity index (χ3n) is 4.40. The van der Waals surface area contributed by atoms with Crippen LogP contribution < -0.4 is 21.1 Å². The lowest BCUT2D eigenvalue weighted by Gasteiger charge is -2.23. The Morgan fingerprint density at radius 2 is 1.81 bits per heavy atom. The highest BCUT2D eigenvalue weighted by molar-refractivity contribution is 6.21. The lowest BCUT2D eigenvalue weighted by Crippen LogP contribution is -2.40. The van der Waals surface area contributed by atoms with Crippen LogP contribution in [0.2, 0.25) is 0 Å². The van der Waals surface area contributed by atoms with E-state index in [9.17, 15) is 18.4 Å². The summed E-state index contributed by atoms with van der Waals surface area (Å²) < 4.78 is 30.5. The number of hydrogen-bond donors (Lipinski definition) is 1. The molecule has 0 radical (unpaired) electrons. The lowest BCUT2D eigenvalue weighted by molar-refractivity contribution is 0.0551. The smallest absolute Gasteiger partial charge is 0.365 e. The summed E-state index contributed by atoms with van der Waals surface area (Å²) >= 11 is 4.87. The third kappa shape index (κ3) is 4.12. The number of halogens is 3. The number of benzene rings is 1. The fourth-order valence-electron chi connectivity index (χ4n) is 2.94. The first-order valence-electron chi connectivity index (χ1n) is 8.80. The Bertz CT molecular complexity index is 1280. The maximum Gasteiger partial charge on any atom is 0.400 e. The molecule has 2 aromatic carbocycles. The third-order valence-corrected chi connectivity index (χ3v) is 4.56. The Kier molecular flexibility index (Phi) is 5.19. The van der Waals surface area contributed by atoms with Crippen molar-refractivity contribution in [3.8, 4) is 11.4 Å². The molecule has 2 aromatic heterocycles. The minimum Gasteiger partial charge on any atom is -0.365 e. The van der Waals surface area contributed by atoms with Gasteiger partial charge < -0.3 is 14.7 Å². The van der Waals surface area contributed by atoms with Crippen LogP contribution in [0.5, 0.6) is 0 Å². The number of nitrogens with one attached hydrogen (secondary N) is 1. The summed E-state index contributed by atoms with van der Waals surface area (Å²) in [6.07, 6.45) is 4.31. The predicted molar refractivity (Wildman–Crippen MR) is 108 cm³/mol.